The van der Waals surface area contributed by atoms with Gasteiger partial charge in [-0.05, 0) is 43.5 Å². The molecule has 0 aromatic heterocycles. The van der Waals surface area contributed by atoms with E-state index >= 15 is 0 Å². The molecule has 2 aliphatic rings. The number of piperazine rings is 1. The van der Waals surface area contributed by atoms with Crippen molar-refractivity contribution in [1.29, 1.82) is 0 Å². The molecule has 2 aliphatic heterocycles. The van der Waals surface area contributed by atoms with Gasteiger partial charge >= 0.3 is 6.09 Å². The Labute approximate surface area is 210 Å². The molecule has 3 rings (SSSR count). The van der Waals surface area contributed by atoms with Crippen molar-refractivity contribution in [2.24, 2.45) is 0 Å². The number of carbonyl (C=O) groups is 3. The highest BCUT2D eigenvalue weighted by Gasteiger charge is 2.31. The first-order valence-electron chi connectivity index (χ1n) is 11.5. The van der Waals surface area contributed by atoms with E-state index in [1.54, 1.807) is 23.8 Å². The van der Waals surface area contributed by atoms with E-state index in [1.807, 2.05) is 35.2 Å². The minimum absolute atomic E-state index is 0.0682. The zero-order valence-electron chi connectivity index (χ0n) is 19.7. The maximum Gasteiger partial charge on any atom is 0.409 e. The summed E-state index contributed by atoms with van der Waals surface area (Å²) in [5.74, 6) is 0.806. The third-order valence-electron chi connectivity index (χ3n) is 5.72. The third-order valence-corrected chi connectivity index (χ3v) is 7.10. The molecule has 1 aromatic rings. The highest BCUT2D eigenvalue weighted by Crippen LogP contribution is 2.33. The molecule has 3 amide bonds. The number of thioether (sulfide) groups is 1. The van der Waals surface area contributed by atoms with E-state index in [4.69, 9.17) is 21.7 Å². The van der Waals surface area contributed by atoms with Crippen LogP contribution in [0.5, 0.6) is 5.75 Å². The van der Waals surface area contributed by atoms with Crippen molar-refractivity contribution in [3.05, 3.63) is 34.7 Å². The lowest BCUT2D eigenvalue weighted by Crippen LogP contribution is -2.50. The number of hydrogen-bond acceptors (Lipinski definition) is 7. The lowest BCUT2D eigenvalue weighted by Gasteiger charge is -2.34. The molecule has 34 heavy (non-hydrogen) atoms. The van der Waals surface area contributed by atoms with Crippen molar-refractivity contribution < 1.29 is 23.9 Å². The number of hydrogen-bond donors (Lipinski definition) is 0. The number of unbranched alkanes of at least 4 members (excludes halogenated alkanes) is 2. The summed E-state index contributed by atoms with van der Waals surface area (Å²) in [5.41, 5.74) is 0.919. The number of nitrogens with zero attached hydrogens (tertiary/aromatic N) is 3. The summed E-state index contributed by atoms with van der Waals surface area (Å²) in [5, 5.41) is 0. The molecule has 1 aromatic carbocycles. The number of amides is 3. The molecule has 0 unspecified atom stereocenters. The van der Waals surface area contributed by atoms with Crippen LogP contribution in [0.2, 0.25) is 0 Å². The molecule has 0 radical (unpaired) electrons. The van der Waals surface area contributed by atoms with E-state index < -0.39 is 0 Å². The van der Waals surface area contributed by atoms with Gasteiger partial charge in [0.15, 0.2) is 0 Å². The van der Waals surface area contributed by atoms with E-state index in [-0.39, 0.29) is 17.9 Å². The Kier molecular flexibility index (Phi) is 9.76. The van der Waals surface area contributed by atoms with Gasteiger partial charge in [0.05, 0.1) is 18.6 Å². The van der Waals surface area contributed by atoms with Crippen molar-refractivity contribution in [3.8, 4) is 5.75 Å². The van der Waals surface area contributed by atoms with Crippen LogP contribution in [-0.2, 0) is 14.3 Å². The fraction of sp³-hybridized carbons (Fsp3) is 0.500. The average Bonchev–Trinajstić information content (AvgIpc) is 3.11. The first-order valence-corrected chi connectivity index (χ1v) is 12.7. The van der Waals surface area contributed by atoms with Crippen molar-refractivity contribution >= 4 is 52.3 Å². The lowest BCUT2D eigenvalue weighted by molar-refractivity contribution is -0.133. The number of rotatable bonds is 9. The summed E-state index contributed by atoms with van der Waals surface area (Å²) in [6, 6.07) is 7.51. The Balaban J connectivity index is 1.36. The van der Waals surface area contributed by atoms with Gasteiger partial charge in [-0.3, -0.25) is 14.5 Å². The molecule has 0 aliphatic carbocycles. The van der Waals surface area contributed by atoms with Gasteiger partial charge in [-0.15, -0.1) is 0 Å². The molecule has 10 heteroatoms. The predicted octanol–water partition coefficient (Wildman–Crippen LogP) is 3.76. The second-order valence-electron chi connectivity index (χ2n) is 7.98. The van der Waals surface area contributed by atoms with E-state index in [1.165, 1.54) is 11.8 Å². The number of thiocarbonyl (C=S) groups is 1. The molecule has 0 atom stereocenters. The minimum atomic E-state index is -0.316. The summed E-state index contributed by atoms with van der Waals surface area (Å²) in [7, 11) is 1.62. The van der Waals surface area contributed by atoms with E-state index in [9.17, 15) is 14.4 Å². The second kappa shape index (κ2) is 12.8. The number of carbonyl (C=O) groups excluding carboxylic acids is 3. The number of ether oxygens (including phenoxy) is 2. The largest absolute Gasteiger partial charge is 0.497 e. The van der Waals surface area contributed by atoms with E-state index in [0.717, 1.165) is 30.6 Å². The SMILES string of the molecule is CCOC(=O)N1CCN(C(=O)CCCCCN2C(=O)C(=Cc3ccc(OC)cc3)SC2=S)CC1. The van der Waals surface area contributed by atoms with Crippen LogP contribution < -0.4 is 4.74 Å². The van der Waals surface area contributed by atoms with Crippen LogP contribution in [0.4, 0.5) is 4.79 Å². The molecule has 2 heterocycles. The lowest BCUT2D eigenvalue weighted by atomic mass is 10.1. The Morgan fingerprint density at radius 2 is 1.74 bits per heavy atom. The zero-order chi connectivity index (χ0) is 24.5. The summed E-state index contributed by atoms with van der Waals surface area (Å²) in [4.78, 5) is 42.7. The Morgan fingerprint density at radius 1 is 1.06 bits per heavy atom. The molecule has 0 spiro atoms. The average molecular weight is 506 g/mol. The van der Waals surface area contributed by atoms with Crippen molar-refractivity contribution in [3.63, 3.8) is 0 Å². The van der Waals surface area contributed by atoms with Crippen molar-refractivity contribution in [2.45, 2.75) is 32.6 Å². The van der Waals surface area contributed by atoms with Gasteiger partial charge in [0.1, 0.15) is 10.1 Å². The normalized spacial score (nSPS) is 17.5. The van der Waals surface area contributed by atoms with Crippen LogP contribution >= 0.6 is 24.0 Å². The van der Waals surface area contributed by atoms with Crippen molar-refractivity contribution in [2.75, 3.05) is 46.4 Å². The first kappa shape index (κ1) is 26.0. The van der Waals surface area contributed by atoms with Crippen LogP contribution in [0.15, 0.2) is 29.2 Å². The standard InChI is InChI=1S/C24H31N3O5S2/c1-3-32-23(30)26-15-13-25(14-16-26)21(28)7-5-4-6-12-27-22(29)20(34-24(27)33)17-18-8-10-19(31-2)11-9-18/h8-11,17H,3-7,12-16H2,1-2H3. The van der Waals surface area contributed by atoms with E-state index in [0.29, 0.717) is 55.0 Å². The van der Waals surface area contributed by atoms with Crippen LogP contribution in [0.3, 0.4) is 0 Å². The van der Waals surface area contributed by atoms with Gasteiger partial charge in [0.25, 0.3) is 5.91 Å². The van der Waals surface area contributed by atoms with Crippen LogP contribution in [0, 0.1) is 0 Å². The molecule has 2 saturated heterocycles. The molecule has 8 nitrogen and oxygen atoms in total. The van der Waals surface area contributed by atoms with Crippen LogP contribution in [0.1, 0.15) is 38.2 Å². The Morgan fingerprint density at radius 3 is 2.38 bits per heavy atom. The Bertz CT molecular complexity index is 927. The van der Waals surface area contributed by atoms with E-state index in [2.05, 4.69) is 0 Å². The van der Waals surface area contributed by atoms with Gasteiger partial charge in [-0.25, -0.2) is 4.79 Å². The topological polar surface area (TPSA) is 79.4 Å². The van der Waals surface area contributed by atoms with Gasteiger partial charge < -0.3 is 19.3 Å². The summed E-state index contributed by atoms with van der Waals surface area (Å²) in [6.45, 7) is 4.76. The predicted molar refractivity (Wildman–Crippen MR) is 137 cm³/mol. The van der Waals surface area contributed by atoms with Crippen LogP contribution in [-0.4, -0.2) is 83.4 Å². The zero-order valence-corrected chi connectivity index (χ0v) is 21.3. The van der Waals surface area contributed by atoms with Gasteiger partial charge in [-0.2, -0.15) is 0 Å². The third kappa shape index (κ3) is 6.96. The highest BCUT2D eigenvalue weighted by molar-refractivity contribution is 8.26. The first-order chi connectivity index (χ1) is 16.4. The molecule has 184 valence electrons. The summed E-state index contributed by atoms with van der Waals surface area (Å²) < 4.78 is 10.7. The molecule has 0 bridgehead atoms. The highest BCUT2D eigenvalue weighted by atomic mass is 32.2. The fourth-order valence-corrected chi connectivity index (χ4v) is 5.09. The second-order valence-corrected chi connectivity index (χ2v) is 9.66. The van der Waals surface area contributed by atoms with Crippen LogP contribution in [0.25, 0.3) is 6.08 Å². The number of benzene rings is 1. The molecule has 0 saturated carbocycles. The maximum atomic E-state index is 12.8. The summed E-state index contributed by atoms with van der Waals surface area (Å²) in [6.07, 6.45) is 4.38. The smallest absolute Gasteiger partial charge is 0.409 e. The van der Waals surface area contributed by atoms with Gasteiger partial charge in [0.2, 0.25) is 5.91 Å². The fourth-order valence-electron chi connectivity index (χ4n) is 3.78. The quantitative estimate of drug-likeness (QED) is 0.287. The van der Waals surface area contributed by atoms with Gasteiger partial charge in [-0.1, -0.05) is 42.5 Å². The molecular formula is C24H31N3O5S2. The molecule has 2 fully saturated rings. The van der Waals surface area contributed by atoms with Gasteiger partial charge in [0, 0.05) is 39.1 Å². The maximum absolute atomic E-state index is 12.8. The molecule has 0 N–H and O–H groups in total. The van der Waals surface area contributed by atoms with Crippen molar-refractivity contribution in [1.82, 2.24) is 14.7 Å². The summed E-state index contributed by atoms with van der Waals surface area (Å²) >= 11 is 6.73. The molecular weight excluding hydrogens is 474 g/mol. The minimum Gasteiger partial charge on any atom is -0.497 e. The Hall–Kier alpha value is -2.59. The monoisotopic (exact) mass is 505 g/mol. The number of methoxy groups -OCH3 is 1.